The molecule has 0 unspecified atom stereocenters. The van der Waals surface area contributed by atoms with Crippen molar-refractivity contribution in [3.05, 3.63) is 82.3 Å². The van der Waals surface area contributed by atoms with E-state index in [2.05, 4.69) is 32.9 Å². The lowest BCUT2D eigenvalue weighted by molar-refractivity contribution is -0.146. The highest BCUT2D eigenvalue weighted by Gasteiger charge is 2.31. The third-order valence-corrected chi connectivity index (χ3v) is 7.43. The summed E-state index contributed by atoms with van der Waals surface area (Å²) in [7, 11) is 0. The fourth-order valence-electron chi connectivity index (χ4n) is 4.76. The van der Waals surface area contributed by atoms with Gasteiger partial charge in [0.1, 0.15) is 11.2 Å². The molecule has 0 radical (unpaired) electrons. The number of fused-ring (bicyclic) bond motifs is 2. The Labute approximate surface area is 232 Å². The highest BCUT2D eigenvalue weighted by molar-refractivity contribution is 6.31. The van der Waals surface area contributed by atoms with Crippen molar-refractivity contribution in [1.29, 1.82) is 0 Å². The second kappa shape index (κ2) is 9.70. The van der Waals surface area contributed by atoms with Crippen LogP contribution in [0.2, 0.25) is 5.02 Å². The van der Waals surface area contributed by atoms with E-state index in [0.717, 1.165) is 18.4 Å². The Kier molecular flexibility index (Phi) is 6.29. The van der Waals surface area contributed by atoms with E-state index in [1.54, 1.807) is 20.0 Å². The molecular weight excluding hydrogens is 539 g/mol. The minimum atomic E-state index is -0.941. The number of pyridine rings is 2. The van der Waals surface area contributed by atoms with E-state index in [0.29, 0.717) is 29.4 Å². The number of nitrogens with one attached hydrogen (secondary N) is 1. The second-order valence-electron chi connectivity index (χ2n) is 10.8. The molecule has 1 fully saturated rings. The van der Waals surface area contributed by atoms with Gasteiger partial charge in [-0.1, -0.05) is 22.9 Å². The molecule has 1 saturated carbocycles. The molecule has 13 heteroatoms. The summed E-state index contributed by atoms with van der Waals surface area (Å²) in [5.41, 5.74) is 3.13. The zero-order valence-electron chi connectivity index (χ0n) is 21.8. The van der Waals surface area contributed by atoms with Crippen molar-refractivity contribution in [2.75, 3.05) is 0 Å². The quantitative estimate of drug-likeness (QED) is 0.278. The molecule has 11 nitrogen and oxygen atoms in total. The van der Waals surface area contributed by atoms with Gasteiger partial charge in [-0.2, -0.15) is 0 Å². The summed E-state index contributed by atoms with van der Waals surface area (Å²) in [6.45, 7) is 3.66. The molecule has 40 heavy (non-hydrogen) atoms. The Morgan fingerprint density at radius 1 is 1.23 bits per heavy atom. The van der Waals surface area contributed by atoms with Gasteiger partial charge in [0.2, 0.25) is 0 Å². The smallest absolute Gasteiger partial charge is 0.309 e. The van der Waals surface area contributed by atoms with Crippen molar-refractivity contribution < 1.29 is 19.1 Å². The van der Waals surface area contributed by atoms with Crippen LogP contribution in [0.15, 0.2) is 43.2 Å². The van der Waals surface area contributed by atoms with Crippen LogP contribution < -0.4 is 5.32 Å². The normalized spacial score (nSPS) is 13.8. The van der Waals surface area contributed by atoms with Crippen molar-refractivity contribution in [2.24, 2.45) is 5.41 Å². The van der Waals surface area contributed by atoms with Gasteiger partial charge in [-0.15, -0.1) is 5.10 Å². The Bertz CT molecular complexity index is 1790. The summed E-state index contributed by atoms with van der Waals surface area (Å²) < 4.78 is 19.4. The molecule has 1 aliphatic carbocycles. The van der Waals surface area contributed by atoms with Crippen molar-refractivity contribution >= 4 is 34.6 Å². The van der Waals surface area contributed by atoms with Crippen LogP contribution in [0.1, 0.15) is 65.6 Å². The number of aromatic nitrogens is 7. The number of carboxylic acids is 1. The molecule has 2 N–H and O–H groups in total. The van der Waals surface area contributed by atoms with Gasteiger partial charge < -0.3 is 19.2 Å². The fraction of sp³-hybridized carbons (Fsp3) is 0.333. The molecule has 0 aliphatic heterocycles. The van der Waals surface area contributed by atoms with Gasteiger partial charge in [-0.25, -0.2) is 19.0 Å². The Balaban J connectivity index is 1.19. The minimum Gasteiger partial charge on any atom is -0.481 e. The summed E-state index contributed by atoms with van der Waals surface area (Å²) >= 11 is 5.89. The van der Waals surface area contributed by atoms with Gasteiger partial charge in [0.05, 0.1) is 47.4 Å². The number of hydrogen-bond donors (Lipinski definition) is 2. The van der Waals surface area contributed by atoms with Gasteiger partial charge >= 0.3 is 5.97 Å². The number of carboxylic acid groups (broad SMARTS) is 1. The standard InChI is InChI=1S/C27H26ClFN8O3/c1-27(2,26(39)40)8-16-7-17(15-3-4-15)10-36-11-18(32-24(16)36)12-37-13-21(33-34-37)25(38)30-9-20-23-22(29)19(28)5-6-35(23)14-31-20/h5-7,10-11,13-15H,3-4,8-9,12H2,1-2H3,(H,30,38)(H,39,40). The van der Waals surface area contributed by atoms with Crippen molar-refractivity contribution in [3.8, 4) is 0 Å². The number of imidazole rings is 2. The van der Waals surface area contributed by atoms with E-state index in [1.165, 1.54) is 33.2 Å². The van der Waals surface area contributed by atoms with E-state index in [1.807, 2.05) is 10.6 Å². The van der Waals surface area contributed by atoms with Crippen molar-refractivity contribution in [1.82, 2.24) is 39.1 Å². The van der Waals surface area contributed by atoms with Crippen LogP contribution in [0.3, 0.4) is 0 Å². The number of nitrogens with zero attached hydrogens (tertiary/aromatic N) is 7. The molecule has 5 aromatic rings. The maximum atomic E-state index is 14.5. The van der Waals surface area contributed by atoms with Crippen molar-refractivity contribution in [3.63, 3.8) is 0 Å². The molecule has 206 valence electrons. The van der Waals surface area contributed by atoms with Gasteiger partial charge in [0, 0.05) is 18.6 Å². The monoisotopic (exact) mass is 564 g/mol. The molecule has 0 spiro atoms. The predicted molar refractivity (Wildman–Crippen MR) is 143 cm³/mol. The lowest BCUT2D eigenvalue weighted by Crippen LogP contribution is -2.26. The lowest BCUT2D eigenvalue weighted by atomic mass is 9.86. The zero-order valence-corrected chi connectivity index (χ0v) is 22.6. The summed E-state index contributed by atoms with van der Waals surface area (Å²) in [6, 6.07) is 3.51. The Hall–Kier alpha value is -4.32. The molecular formula is C27H26ClFN8O3. The van der Waals surface area contributed by atoms with Crippen LogP contribution in [0, 0.1) is 11.2 Å². The topological polar surface area (TPSA) is 132 Å². The Morgan fingerprint density at radius 3 is 2.77 bits per heavy atom. The van der Waals surface area contributed by atoms with Crippen LogP contribution in [0.4, 0.5) is 4.39 Å². The van der Waals surface area contributed by atoms with Gasteiger partial charge in [0.15, 0.2) is 11.5 Å². The molecule has 0 saturated heterocycles. The average molecular weight is 565 g/mol. The number of rotatable bonds is 9. The SMILES string of the molecule is CC(C)(Cc1cc(C2CC2)cn2cc(Cn3cc(C(=O)NCc4ncn5ccc(Cl)c(F)c45)nn3)nc12)C(=O)O. The van der Waals surface area contributed by atoms with Gasteiger partial charge in [-0.05, 0) is 56.2 Å². The summed E-state index contributed by atoms with van der Waals surface area (Å²) in [4.78, 5) is 33.5. The molecule has 5 aromatic heterocycles. The lowest BCUT2D eigenvalue weighted by Gasteiger charge is -2.20. The highest BCUT2D eigenvalue weighted by atomic mass is 35.5. The fourth-order valence-corrected chi connectivity index (χ4v) is 4.90. The second-order valence-corrected chi connectivity index (χ2v) is 11.2. The molecule has 5 heterocycles. The van der Waals surface area contributed by atoms with Crippen LogP contribution in [0.5, 0.6) is 0 Å². The first-order valence-electron chi connectivity index (χ1n) is 12.8. The molecule has 0 aromatic carbocycles. The maximum Gasteiger partial charge on any atom is 0.309 e. The zero-order chi connectivity index (χ0) is 28.2. The first-order valence-corrected chi connectivity index (χ1v) is 13.2. The van der Waals surface area contributed by atoms with E-state index < -0.39 is 23.1 Å². The number of carbonyl (C=O) groups excluding carboxylic acids is 1. The largest absolute Gasteiger partial charge is 0.481 e. The molecule has 0 bridgehead atoms. The number of hydrogen-bond acceptors (Lipinski definition) is 6. The summed E-state index contributed by atoms with van der Waals surface area (Å²) in [5, 5.41) is 20.4. The number of halogens is 2. The first-order chi connectivity index (χ1) is 19.1. The number of carbonyl (C=O) groups is 2. The number of amides is 1. The van der Waals surface area contributed by atoms with Crippen molar-refractivity contribution in [2.45, 2.75) is 52.1 Å². The minimum absolute atomic E-state index is 0.0231. The molecule has 1 aliphatic rings. The molecule has 6 rings (SSSR count). The predicted octanol–water partition coefficient (Wildman–Crippen LogP) is 3.88. The van der Waals surface area contributed by atoms with Crippen LogP contribution in [0.25, 0.3) is 11.2 Å². The summed E-state index contributed by atoms with van der Waals surface area (Å²) in [5.74, 6) is -1.47. The van der Waals surface area contributed by atoms with E-state index in [-0.39, 0.29) is 29.3 Å². The average Bonchev–Trinajstić information content (AvgIpc) is 3.31. The van der Waals surface area contributed by atoms with E-state index in [9.17, 15) is 19.1 Å². The van der Waals surface area contributed by atoms with E-state index >= 15 is 0 Å². The molecule has 0 atom stereocenters. The third kappa shape index (κ3) is 4.90. The van der Waals surface area contributed by atoms with Crippen LogP contribution in [-0.4, -0.2) is 50.7 Å². The van der Waals surface area contributed by atoms with Gasteiger partial charge in [-0.3, -0.25) is 9.59 Å². The summed E-state index contributed by atoms with van der Waals surface area (Å²) in [6.07, 6.45) is 11.1. The highest BCUT2D eigenvalue weighted by Crippen LogP contribution is 2.41. The molecule has 1 amide bonds. The third-order valence-electron chi connectivity index (χ3n) is 7.14. The van der Waals surface area contributed by atoms with Crippen LogP contribution in [-0.2, 0) is 24.3 Å². The maximum absolute atomic E-state index is 14.5. The van der Waals surface area contributed by atoms with Crippen LogP contribution >= 0.6 is 11.6 Å². The number of aliphatic carboxylic acids is 1. The Morgan fingerprint density at radius 2 is 2.02 bits per heavy atom. The van der Waals surface area contributed by atoms with Gasteiger partial charge in [0.25, 0.3) is 5.91 Å². The van der Waals surface area contributed by atoms with E-state index in [4.69, 9.17) is 16.6 Å². The first kappa shape index (κ1) is 25.9.